The lowest BCUT2D eigenvalue weighted by atomic mass is 9.98. The van der Waals surface area contributed by atoms with Crippen LogP contribution in [0.3, 0.4) is 0 Å². The third kappa shape index (κ3) is 3.32. The molecule has 1 nitrogen and oxygen atoms in total. The summed E-state index contributed by atoms with van der Waals surface area (Å²) in [6.45, 7) is 0. The number of hydrogen-bond acceptors (Lipinski definition) is 1. The van der Waals surface area contributed by atoms with Crippen LogP contribution < -0.4 is 5.32 Å². The molecule has 1 unspecified atom stereocenters. The Labute approximate surface area is 120 Å². The van der Waals surface area contributed by atoms with E-state index in [4.69, 9.17) is 11.6 Å². The second-order valence-corrected chi connectivity index (χ2v) is 4.87. The van der Waals surface area contributed by atoms with Gasteiger partial charge in [-0.25, -0.2) is 13.2 Å². The van der Waals surface area contributed by atoms with Crippen molar-refractivity contribution in [1.82, 2.24) is 5.32 Å². The summed E-state index contributed by atoms with van der Waals surface area (Å²) in [5.41, 5.74) is 1.01. The zero-order valence-corrected chi connectivity index (χ0v) is 11.5. The molecule has 0 radical (unpaired) electrons. The first-order valence-electron chi connectivity index (χ1n) is 6.07. The van der Waals surface area contributed by atoms with Crippen LogP contribution in [-0.2, 0) is 6.42 Å². The number of hydrogen-bond donors (Lipinski definition) is 1. The highest BCUT2D eigenvalue weighted by atomic mass is 35.5. The molecular formula is C15H13ClF3N. The highest BCUT2D eigenvalue weighted by molar-refractivity contribution is 6.30. The van der Waals surface area contributed by atoms with E-state index in [1.165, 1.54) is 12.1 Å². The Bertz CT molecular complexity index is 599. The Kier molecular flexibility index (Phi) is 4.68. The molecule has 2 aromatic carbocycles. The standard InChI is InChI=1S/C15H13ClF3N/c1-20-15(6-9-2-4-10(17)5-3-9)11-7-14(19)12(16)8-13(11)18/h2-5,7-8,15,20H,6H2,1H3. The van der Waals surface area contributed by atoms with Crippen LogP contribution in [0.15, 0.2) is 36.4 Å². The fourth-order valence-corrected chi connectivity index (χ4v) is 2.18. The number of halogens is 4. The van der Waals surface area contributed by atoms with Crippen molar-refractivity contribution in [3.63, 3.8) is 0 Å². The van der Waals surface area contributed by atoms with E-state index in [1.54, 1.807) is 19.2 Å². The van der Waals surface area contributed by atoms with Crippen molar-refractivity contribution in [1.29, 1.82) is 0 Å². The molecule has 2 rings (SSSR count). The Morgan fingerprint density at radius 3 is 2.30 bits per heavy atom. The first kappa shape index (κ1) is 14.9. The van der Waals surface area contributed by atoms with Gasteiger partial charge in [0.15, 0.2) is 0 Å². The summed E-state index contributed by atoms with van der Waals surface area (Å²) < 4.78 is 40.2. The Morgan fingerprint density at radius 1 is 1.05 bits per heavy atom. The zero-order valence-electron chi connectivity index (χ0n) is 10.8. The fourth-order valence-electron chi connectivity index (χ4n) is 2.03. The van der Waals surface area contributed by atoms with E-state index in [0.29, 0.717) is 6.42 Å². The van der Waals surface area contributed by atoms with E-state index in [2.05, 4.69) is 5.32 Å². The van der Waals surface area contributed by atoms with Crippen LogP contribution in [0.2, 0.25) is 5.02 Å². The third-order valence-electron chi connectivity index (χ3n) is 3.12. The number of likely N-dealkylation sites (N-methyl/N-ethyl adjacent to an activating group) is 1. The molecule has 0 fully saturated rings. The van der Waals surface area contributed by atoms with Crippen molar-refractivity contribution < 1.29 is 13.2 Å². The molecule has 0 aliphatic heterocycles. The predicted molar refractivity (Wildman–Crippen MR) is 73.3 cm³/mol. The molecule has 0 aromatic heterocycles. The summed E-state index contributed by atoms with van der Waals surface area (Å²) in [5, 5.41) is 2.68. The van der Waals surface area contributed by atoms with Crippen LogP contribution in [0.5, 0.6) is 0 Å². The monoisotopic (exact) mass is 299 g/mol. The van der Waals surface area contributed by atoms with E-state index in [0.717, 1.165) is 17.7 Å². The molecule has 0 spiro atoms. The Hall–Kier alpha value is -1.52. The van der Waals surface area contributed by atoms with Gasteiger partial charge >= 0.3 is 0 Å². The SMILES string of the molecule is CNC(Cc1ccc(F)cc1)c1cc(F)c(Cl)cc1F. The van der Waals surface area contributed by atoms with Crippen LogP contribution in [0, 0.1) is 17.5 Å². The lowest BCUT2D eigenvalue weighted by Gasteiger charge is -2.18. The minimum Gasteiger partial charge on any atom is -0.313 e. The molecule has 0 aliphatic rings. The van der Waals surface area contributed by atoms with E-state index in [9.17, 15) is 13.2 Å². The molecule has 20 heavy (non-hydrogen) atoms. The van der Waals surface area contributed by atoms with Crippen molar-refractivity contribution >= 4 is 11.6 Å². The first-order valence-corrected chi connectivity index (χ1v) is 6.45. The van der Waals surface area contributed by atoms with E-state index < -0.39 is 17.7 Å². The highest BCUT2D eigenvalue weighted by Crippen LogP contribution is 2.26. The predicted octanol–water partition coefficient (Wildman–Crippen LogP) is 4.26. The van der Waals surface area contributed by atoms with E-state index in [-0.39, 0.29) is 16.4 Å². The molecule has 106 valence electrons. The molecule has 0 saturated heterocycles. The number of benzene rings is 2. The highest BCUT2D eigenvalue weighted by Gasteiger charge is 2.17. The molecule has 0 bridgehead atoms. The smallest absolute Gasteiger partial charge is 0.142 e. The van der Waals surface area contributed by atoms with Gasteiger partial charge in [0.05, 0.1) is 5.02 Å². The van der Waals surface area contributed by atoms with E-state index in [1.807, 2.05) is 0 Å². The molecule has 5 heteroatoms. The van der Waals surface area contributed by atoms with E-state index >= 15 is 0 Å². The maximum atomic E-state index is 13.9. The quantitative estimate of drug-likeness (QED) is 0.832. The van der Waals surface area contributed by atoms with Gasteiger partial charge in [0, 0.05) is 11.6 Å². The van der Waals surface area contributed by atoms with Gasteiger partial charge in [-0.2, -0.15) is 0 Å². The average molecular weight is 300 g/mol. The van der Waals surface area contributed by atoms with Crippen molar-refractivity contribution in [3.8, 4) is 0 Å². The maximum absolute atomic E-state index is 13.9. The van der Waals surface area contributed by atoms with Crippen molar-refractivity contribution in [3.05, 3.63) is 70.0 Å². The number of rotatable bonds is 4. The second-order valence-electron chi connectivity index (χ2n) is 4.46. The molecule has 0 amide bonds. The zero-order chi connectivity index (χ0) is 14.7. The third-order valence-corrected chi connectivity index (χ3v) is 3.41. The molecular weight excluding hydrogens is 287 g/mol. The lowest BCUT2D eigenvalue weighted by Crippen LogP contribution is -2.20. The van der Waals surface area contributed by atoms with Gasteiger partial charge < -0.3 is 5.32 Å². The Balaban J connectivity index is 2.28. The minimum absolute atomic E-state index is 0.193. The molecule has 0 aliphatic carbocycles. The molecule has 0 heterocycles. The number of nitrogens with one attached hydrogen (secondary N) is 1. The normalized spacial score (nSPS) is 12.4. The van der Waals surface area contributed by atoms with Gasteiger partial charge in [0.1, 0.15) is 17.5 Å². The van der Waals surface area contributed by atoms with Gasteiger partial charge in [-0.05, 0) is 43.3 Å². The topological polar surface area (TPSA) is 12.0 Å². The largest absolute Gasteiger partial charge is 0.313 e. The van der Waals surface area contributed by atoms with Crippen LogP contribution >= 0.6 is 11.6 Å². The summed E-state index contributed by atoms with van der Waals surface area (Å²) in [5.74, 6) is -1.57. The van der Waals surface area contributed by atoms with Crippen LogP contribution in [-0.4, -0.2) is 7.05 Å². The molecule has 1 N–H and O–H groups in total. The maximum Gasteiger partial charge on any atom is 0.142 e. The molecule has 0 saturated carbocycles. The molecule has 2 aromatic rings. The summed E-state index contributed by atoms with van der Waals surface area (Å²) >= 11 is 5.53. The van der Waals surface area contributed by atoms with Gasteiger partial charge in [0.2, 0.25) is 0 Å². The van der Waals surface area contributed by atoms with Gasteiger partial charge in [-0.3, -0.25) is 0 Å². The van der Waals surface area contributed by atoms with Crippen molar-refractivity contribution in [2.24, 2.45) is 0 Å². The fraction of sp³-hybridized carbons (Fsp3) is 0.200. The van der Waals surface area contributed by atoms with Crippen LogP contribution in [0.25, 0.3) is 0 Å². The summed E-state index contributed by atoms with van der Waals surface area (Å²) in [7, 11) is 1.65. The lowest BCUT2D eigenvalue weighted by molar-refractivity contribution is 0.522. The summed E-state index contributed by atoms with van der Waals surface area (Å²) in [4.78, 5) is 0. The first-order chi connectivity index (χ1) is 9.51. The minimum atomic E-state index is -0.664. The average Bonchev–Trinajstić information content (AvgIpc) is 2.43. The van der Waals surface area contributed by atoms with Crippen LogP contribution in [0.1, 0.15) is 17.2 Å². The summed E-state index contributed by atoms with van der Waals surface area (Å²) in [6, 6.07) is 7.52. The van der Waals surface area contributed by atoms with Gasteiger partial charge in [-0.1, -0.05) is 23.7 Å². The summed E-state index contributed by atoms with van der Waals surface area (Å²) in [6.07, 6.45) is 0.411. The van der Waals surface area contributed by atoms with Crippen molar-refractivity contribution in [2.45, 2.75) is 12.5 Å². The van der Waals surface area contributed by atoms with Gasteiger partial charge in [0.25, 0.3) is 0 Å². The van der Waals surface area contributed by atoms with Crippen molar-refractivity contribution in [2.75, 3.05) is 7.05 Å². The molecule has 1 atom stereocenters. The Morgan fingerprint density at radius 2 is 1.70 bits per heavy atom. The van der Waals surface area contributed by atoms with Gasteiger partial charge in [-0.15, -0.1) is 0 Å². The van der Waals surface area contributed by atoms with Crippen LogP contribution in [0.4, 0.5) is 13.2 Å². The second kappa shape index (κ2) is 6.29.